The van der Waals surface area contributed by atoms with E-state index < -0.39 is 0 Å². The lowest BCUT2D eigenvalue weighted by Gasteiger charge is -2.28. The summed E-state index contributed by atoms with van der Waals surface area (Å²) in [5, 5.41) is 0.690. The zero-order valence-electron chi connectivity index (χ0n) is 14.2. The molecule has 1 saturated heterocycles. The van der Waals surface area contributed by atoms with E-state index in [0.29, 0.717) is 5.02 Å². The molecule has 26 heavy (non-hydrogen) atoms. The van der Waals surface area contributed by atoms with Crippen molar-refractivity contribution >= 4 is 23.2 Å². The topological polar surface area (TPSA) is 64.3 Å². The Bertz CT molecular complexity index is 891. The lowest BCUT2D eigenvalue weighted by Crippen LogP contribution is -2.36. The second-order valence-electron chi connectivity index (χ2n) is 6.15. The molecule has 2 heterocycles. The smallest absolute Gasteiger partial charge is 0.221 e. The van der Waals surface area contributed by atoms with Crippen molar-refractivity contribution < 1.29 is 4.74 Å². The van der Waals surface area contributed by atoms with Crippen LogP contribution in [0.5, 0.6) is 0 Å². The highest BCUT2D eigenvalue weighted by molar-refractivity contribution is 6.30. The van der Waals surface area contributed by atoms with Gasteiger partial charge in [-0.3, -0.25) is 0 Å². The number of nitrogen functional groups attached to an aromatic ring is 1. The van der Waals surface area contributed by atoms with E-state index in [-0.39, 0.29) is 5.95 Å². The van der Waals surface area contributed by atoms with Gasteiger partial charge >= 0.3 is 0 Å². The Morgan fingerprint density at radius 1 is 0.846 bits per heavy atom. The van der Waals surface area contributed by atoms with Crippen molar-refractivity contribution in [2.45, 2.75) is 0 Å². The second kappa shape index (κ2) is 7.32. The third kappa shape index (κ3) is 3.64. The number of halogens is 1. The number of anilines is 2. The molecule has 0 spiro atoms. The van der Waals surface area contributed by atoms with Crippen molar-refractivity contribution in [1.29, 1.82) is 0 Å². The largest absolute Gasteiger partial charge is 0.378 e. The van der Waals surface area contributed by atoms with Crippen LogP contribution in [0, 0.1) is 0 Å². The van der Waals surface area contributed by atoms with Gasteiger partial charge in [-0.05, 0) is 30.3 Å². The Kier molecular flexibility index (Phi) is 4.73. The van der Waals surface area contributed by atoms with Crippen molar-refractivity contribution in [2.24, 2.45) is 0 Å². The minimum absolute atomic E-state index is 0.254. The van der Waals surface area contributed by atoms with Crippen LogP contribution in [0.25, 0.3) is 22.5 Å². The van der Waals surface area contributed by atoms with E-state index in [1.165, 1.54) is 5.69 Å². The molecule has 0 saturated carbocycles. The first-order chi connectivity index (χ1) is 12.7. The van der Waals surface area contributed by atoms with Crippen molar-refractivity contribution in [3.8, 4) is 22.5 Å². The first-order valence-corrected chi connectivity index (χ1v) is 8.90. The quantitative estimate of drug-likeness (QED) is 0.762. The molecule has 4 rings (SSSR count). The van der Waals surface area contributed by atoms with Gasteiger partial charge in [0.25, 0.3) is 0 Å². The van der Waals surface area contributed by atoms with E-state index in [1.54, 1.807) is 0 Å². The van der Waals surface area contributed by atoms with E-state index in [0.717, 1.165) is 48.8 Å². The van der Waals surface area contributed by atoms with Gasteiger partial charge in [0.15, 0.2) is 0 Å². The number of nitrogens with two attached hydrogens (primary N) is 1. The highest BCUT2D eigenvalue weighted by atomic mass is 35.5. The summed E-state index contributed by atoms with van der Waals surface area (Å²) in [5.41, 5.74) is 10.7. The lowest BCUT2D eigenvalue weighted by molar-refractivity contribution is 0.122. The maximum absolute atomic E-state index is 5.97. The van der Waals surface area contributed by atoms with E-state index >= 15 is 0 Å². The monoisotopic (exact) mass is 366 g/mol. The first-order valence-electron chi connectivity index (χ1n) is 8.53. The Balaban J connectivity index is 1.63. The molecule has 1 fully saturated rings. The number of hydrogen-bond acceptors (Lipinski definition) is 5. The van der Waals surface area contributed by atoms with Crippen LogP contribution < -0.4 is 10.6 Å². The summed E-state index contributed by atoms with van der Waals surface area (Å²) in [6.07, 6.45) is 0. The van der Waals surface area contributed by atoms with E-state index in [9.17, 15) is 0 Å². The molecule has 3 aromatic rings. The number of ether oxygens (including phenoxy) is 1. The fraction of sp³-hybridized carbons (Fsp3) is 0.200. The second-order valence-corrected chi connectivity index (χ2v) is 6.59. The van der Waals surface area contributed by atoms with Crippen LogP contribution in [0.15, 0.2) is 54.6 Å². The van der Waals surface area contributed by atoms with Crippen LogP contribution in [0.1, 0.15) is 0 Å². The molecule has 2 N–H and O–H groups in total. The summed E-state index contributed by atoms with van der Waals surface area (Å²) in [7, 11) is 0. The molecule has 0 aliphatic carbocycles. The molecule has 0 amide bonds. The molecule has 2 aromatic carbocycles. The van der Waals surface area contributed by atoms with Gasteiger partial charge in [-0.1, -0.05) is 35.9 Å². The molecule has 1 aromatic heterocycles. The number of benzene rings is 2. The molecule has 6 heteroatoms. The van der Waals surface area contributed by atoms with Crippen LogP contribution in [0.4, 0.5) is 11.6 Å². The Morgan fingerprint density at radius 3 is 1.96 bits per heavy atom. The molecule has 5 nitrogen and oxygen atoms in total. The van der Waals surface area contributed by atoms with Crippen LogP contribution in [0.3, 0.4) is 0 Å². The molecule has 0 atom stereocenters. The number of nitrogens with zero attached hydrogens (tertiary/aromatic N) is 3. The highest BCUT2D eigenvalue weighted by Crippen LogP contribution is 2.27. The van der Waals surface area contributed by atoms with E-state index in [4.69, 9.17) is 22.1 Å². The molecular weight excluding hydrogens is 348 g/mol. The predicted molar refractivity (Wildman–Crippen MR) is 105 cm³/mol. The normalized spacial score (nSPS) is 14.4. The summed E-state index contributed by atoms with van der Waals surface area (Å²) in [6.45, 7) is 3.38. The van der Waals surface area contributed by atoms with Gasteiger partial charge in [-0.25, -0.2) is 9.97 Å². The summed E-state index contributed by atoms with van der Waals surface area (Å²) in [6, 6.07) is 17.8. The Hall–Kier alpha value is -2.63. The number of hydrogen-bond donors (Lipinski definition) is 1. The minimum atomic E-state index is 0.254. The van der Waals surface area contributed by atoms with Crippen molar-refractivity contribution in [2.75, 3.05) is 36.9 Å². The van der Waals surface area contributed by atoms with Crippen molar-refractivity contribution in [3.63, 3.8) is 0 Å². The van der Waals surface area contributed by atoms with Gasteiger partial charge in [-0.15, -0.1) is 0 Å². The summed E-state index contributed by atoms with van der Waals surface area (Å²) in [4.78, 5) is 11.1. The summed E-state index contributed by atoms with van der Waals surface area (Å²) >= 11 is 5.97. The average Bonchev–Trinajstić information content (AvgIpc) is 2.69. The molecule has 0 radical (unpaired) electrons. The van der Waals surface area contributed by atoms with Crippen molar-refractivity contribution in [1.82, 2.24) is 9.97 Å². The van der Waals surface area contributed by atoms with Crippen LogP contribution in [0.2, 0.25) is 5.02 Å². The zero-order chi connectivity index (χ0) is 17.9. The SMILES string of the molecule is Nc1nc(-c2ccc(Cl)cc2)cc(-c2ccc(N3CCOCC3)cc2)n1. The van der Waals surface area contributed by atoms with Gasteiger partial charge in [0, 0.05) is 34.9 Å². The van der Waals surface area contributed by atoms with Crippen LogP contribution in [-0.4, -0.2) is 36.3 Å². The lowest BCUT2D eigenvalue weighted by atomic mass is 10.1. The number of morpholine rings is 1. The molecule has 1 aliphatic rings. The van der Waals surface area contributed by atoms with Crippen LogP contribution in [-0.2, 0) is 4.74 Å². The Morgan fingerprint density at radius 2 is 1.38 bits per heavy atom. The predicted octanol–water partition coefficient (Wildman–Crippen LogP) is 3.88. The van der Waals surface area contributed by atoms with Gasteiger partial charge in [-0.2, -0.15) is 0 Å². The average molecular weight is 367 g/mol. The van der Waals surface area contributed by atoms with E-state index in [1.807, 2.05) is 30.3 Å². The zero-order valence-corrected chi connectivity index (χ0v) is 15.0. The molecule has 0 bridgehead atoms. The highest BCUT2D eigenvalue weighted by Gasteiger charge is 2.12. The van der Waals surface area contributed by atoms with Gasteiger partial charge < -0.3 is 15.4 Å². The molecule has 1 aliphatic heterocycles. The van der Waals surface area contributed by atoms with Crippen LogP contribution >= 0.6 is 11.6 Å². The fourth-order valence-corrected chi connectivity index (χ4v) is 3.17. The first kappa shape index (κ1) is 16.8. The van der Waals surface area contributed by atoms with Gasteiger partial charge in [0.1, 0.15) is 0 Å². The number of rotatable bonds is 3. The maximum Gasteiger partial charge on any atom is 0.221 e. The van der Waals surface area contributed by atoms with Gasteiger partial charge in [0.05, 0.1) is 24.6 Å². The molecule has 132 valence electrons. The molecule has 0 unspecified atom stereocenters. The standard InChI is InChI=1S/C20H19ClN4O/c21-16-5-1-14(2-6-16)18-13-19(24-20(22)23-18)15-3-7-17(8-4-15)25-9-11-26-12-10-25/h1-8,13H,9-12H2,(H2,22,23,24). The van der Waals surface area contributed by atoms with E-state index in [2.05, 4.69) is 39.1 Å². The number of aromatic nitrogens is 2. The Labute approximate surface area is 157 Å². The third-order valence-electron chi connectivity index (χ3n) is 4.42. The fourth-order valence-electron chi connectivity index (χ4n) is 3.05. The summed E-state index contributed by atoms with van der Waals surface area (Å²) < 4.78 is 5.41. The minimum Gasteiger partial charge on any atom is -0.378 e. The maximum atomic E-state index is 5.97. The summed E-state index contributed by atoms with van der Waals surface area (Å²) in [5.74, 6) is 0.254. The van der Waals surface area contributed by atoms with Gasteiger partial charge in [0.2, 0.25) is 5.95 Å². The van der Waals surface area contributed by atoms with Crippen molar-refractivity contribution in [3.05, 3.63) is 59.6 Å². The third-order valence-corrected chi connectivity index (χ3v) is 4.67. The molecular formula is C20H19ClN4O.